The van der Waals surface area contributed by atoms with Crippen LogP contribution in [0.25, 0.3) is 10.2 Å². The fourth-order valence-corrected chi connectivity index (χ4v) is 6.83. The van der Waals surface area contributed by atoms with E-state index in [9.17, 15) is 9.59 Å². The van der Waals surface area contributed by atoms with Crippen LogP contribution in [-0.2, 0) is 24.2 Å². The molecule has 166 valence electrons. The van der Waals surface area contributed by atoms with E-state index in [-0.39, 0.29) is 17.5 Å². The number of amides is 1. The molecular formula is C25H27N3O2S2. The van der Waals surface area contributed by atoms with Gasteiger partial charge in [-0.1, -0.05) is 55.1 Å². The van der Waals surface area contributed by atoms with Crippen molar-refractivity contribution in [3.63, 3.8) is 0 Å². The highest BCUT2D eigenvalue weighted by molar-refractivity contribution is 8.00. The van der Waals surface area contributed by atoms with Crippen molar-refractivity contribution < 1.29 is 4.79 Å². The first-order chi connectivity index (χ1) is 15.5. The van der Waals surface area contributed by atoms with Gasteiger partial charge in [-0.3, -0.25) is 14.2 Å². The number of allylic oxidation sites excluding steroid dienone is 1. The number of carbonyl (C=O) groups is 1. The van der Waals surface area contributed by atoms with Crippen LogP contribution >= 0.6 is 23.1 Å². The largest absolute Gasteiger partial charge is 0.352 e. The molecule has 32 heavy (non-hydrogen) atoms. The summed E-state index contributed by atoms with van der Waals surface area (Å²) < 4.78 is 1.69. The van der Waals surface area contributed by atoms with Crippen LogP contribution < -0.4 is 10.9 Å². The van der Waals surface area contributed by atoms with Gasteiger partial charge < -0.3 is 5.32 Å². The first-order valence-corrected chi connectivity index (χ1v) is 12.9. The minimum absolute atomic E-state index is 0.0149. The Morgan fingerprint density at radius 1 is 1.34 bits per heavy atom. The second-order valence-electron chi connectivity index (χ2n) is 8.82. The number of carbonyl (C=O) groups excluding carboxylic acids is 1. The van der Waals surface area contributed by atoms with Crippen molar-refractivity contribution in [3.8, 4) is 0 Å². The fourth-order valence-electron chi connectivity index (χ4n) is 4.30. The highest BCUT2D eigenvalue weighted by Crippen LogP contribution is 2.39. The zero-order chi connectivity index (χ0) is 22.2. The van der Waals surface area contributed by atoms with E-state index >= 15 is 0 Å². The molecular weight excluding hydrogens is 438 g/mol. The van der Waals surface area contributed by atoms with Gasteiger partial charge in [0.2, 0.25) is 5.91 Å². The summed E-state index contributed by atoms with van der Waals surface area (Å²) in [6, 6.07) is 10.0. The summed E-state index contributed by atoms with van der Waals surface area (Å²) >= 11 is 3.01. The Kier molecular flexibility index (Phi) is 5.95. The van der Waals surface area contributed by atoms with Crippen LogP contribution in [-0.4, -0.2) is 21.5 Å². The Balaban J connectivity index is 1.59. The Morgan fingerprint density at radius 3 is 2.84 bits per heavy atom. The molecule has 0 aliphatic heterocycles. The minimum Gasteiger partial charge on any atom is -0.352 e. The van der Waals surface area contributed by atoms with E-state index in [0.717, 1.165) is 47.9 Å². The molecule has 0 spiro atoms. The number of nitrogens with one attached hydrogen (secondary N) is 1. The number of rotatable bonds is 7. The second kappa shape index (κ2) is 8.87. The molecule has 1 N–H and O–H groups in total. The number of thiophene rings is 1. The minimum atomic E-state index is -0.466. The van der Waals surface area contributed by atoms with Crippen molar-refractivity contribution in [3.05, 3.63) is 69.3 Å². The molecule has 1 saturated carbocycles. The van der Waals surface area contributed by atoms with Gasteiger partial charge in [-0.15, -0.1) is 17.9 Å². The van der Waals surface area contributed by atoms with Crippen molar-refractivity contribution in [1.82, 2.24) is 14.9 Å². The van der Waals surface area contributed by atoms with E-state index in [1.165, 1.54) is 22.2 Å². The van der Waals surface area contributed by atoms with Crippen LogP contribution in [0.3, 0.4) is 0 Å². The van der Waals surface area contributed by atoms with Crippen LogP contribution in [0.2, 0.25) is 0 Å². The molecule has 0 saturated heterocycles. The highest BCUT2D eigenvalue weighted by Gasteiger charge is 2.31. The van der Waals surface area contributed by atoms with Crippen molar-refractivity contribution in [2.75, 3.05) is 0 Å². The number of benzene rings is 1. The van der Waals surface area contributed by atoms with E-state index in [0.29, 0.717) is 17.6 Å². The van der Waals surface area contributed by atoms with Gasteiger partial charge in [-0.2, -0.15) is 0 Å². The number of nitrogens with zero attached hydrogens (tertiary/aromatic N) is 2. The Hall–Kier alpha value is -2.38. The van der Waals surface area contributed by atoms with Gasteiger partial charge in [0.1, 0.15) is 10.1 Å². The second-order valence-corrected chi connectivity index (χ2v) is 11.0. The number of hydrogen-bond donors (Lipinski definition) is 1. The van der Waals surface area contributed by atoms with Crippen LogP contribution in [0.4, 0.5) is 0 Å². The van der Waals surface area contributed by atoms with Gasteiger partial charge in [0.05, 0.1) is 5.39 Å². The summed E-state index contributed by atoms with van der Waals surface area (Å²) in [6.45, 7) is 6.49. The predicted molar refractivity (Wildman–Crippen MR) is 131 cm³/mol. The number of hydrogen-bond acceptors (Lipinski definition) is 5. The van der Waals surface area contributed by atoms with Gasteiger partial charge in [0.25, 0.3) is 5.56 Å². The van der Waals surface area contributed by atoms with Crippen molar-refractivity contribution in [2.45, 2.75) is 62.0 Å². The normalized spacial score (nSPS) is 18.8. The molecule has 1 fully saturated rings. The third-order valence-electron chi connectivity index (χ3n) is 6.18. The maximum Gasteiger partial charge on any atom is 0.263 e. The van der Waals surface area contributed by atoms with Gasteiger partial charge >= 0.3 is 0 Å². The molecule has 0 unspecified atom stereocenters. The third-order valence-corrected chi connectivity index (χ3v) is 8.57. The number of aromatic nitrogens is 2. The Labute approximate surface area is 195 Å². The number of fused-ring (bicyclic) bond motifs is 3. The molecule has 2 heterocycles. The number of thioether (sulfide) groups is 1. The van der Waals surface area contributed by atoms with E-state index < -0.39 is 5.25 Å². The molecule has 0 radical (unpaired) electrons. The third kappa shape index (κ3) is 4.16. The van der Waals surface area contributed by atoms with E-state index in [1.807, 2.05) is 30.3 Å². The van der Waals surface area contributed by atoms with Gasteiger partial charge in [-0.05, 0) is 49.1 Å². The Morgan fingerprint density at radius 2 is 2.12 bits per heavy atom. The first-order valence-electron chi connectivity index (χ1n) is 11.2. The molecule has 7 heteroatoms. The fraction of sp³-hybridized carbons (Fsp3) is 0.400. The number of aryl methyl sites for hydroxylation is 1. The summed E-state index contributed by atoms with van der Waals surface area (Å²) in [4.78, 5) is 33.8. The molecule has 2 aliphatic rings. The van der Waals surface area contributed by atoms with Crippen LogP contribution in [0.5, 0.6) is 0 Å². The van der Waals surface area contributed by atoms with E-state index in [2.05, 4.69) is 18.8 Å². The smallest absolute Gasteiger partial charge is 0.263 e. The maximum absolute atomic E-state index is 13.6. The van der Waals surface area contributed by atoms with Gasteiger partial charge in [0.15, 0.2) is 5.16 Å². The molecule has 1 aromatic carbocycles. The van der Waals surface area contributed by atoms with Crippen LogP contribution in [0.1, 0.15) is 47.4 Å². The lowest BCUT2D eigenvalue weighted by Gasteiger charge is -2.19. The molecule has 1 amide bonds. The molecule has 5 nitrogen and oxygen atoms in total. The van der Waals surface area contributed by atoms with E-state index in [1.54, 1.807) is 22.0 Å². The van der Waals surface area contributed by atoms with Crippen molar-refractivity contribution in [2.24, 2.45) is 5.92 Å². The lowest BCUT2D eigenvalue weighted by atomic mass is 9.89. The van der Waals surface area contributed by atoms with Crippen molar-refractivity contribution >= 4 is 39.2 Å². The van der Waals surface area contributed by atoms with Gasteiger partial charge in [-0.25, -0.2) is 4.98 Å². The molecule has 2 atom stereocenters. The lowest BCUT2D eigenvalue weighted by molar-refractivity contribution is -0.120. The molecule has 2 aliphatic carbocycles. The standard InChI is InChI=1S/C25H27N3O2S2/c1-3-13-28-24(30)20-18-12-9-15(2)14-19(18)31-23(20)27-25(28)32-21(16-7-5-4-6-8-16)22(29)26-17-10-11-17/h3-8,15,17,21H,1,9-14H2,2H3,(H,26,29)/t15-,21+/m0/s1. The van der Waals surface area contributed by atoms with E-state index in [4.69, 9.17) is 4.98 Å². The SMILES string of the molecule is C=CCn1c(S[C@@H](C(=O)NC2CC2)c2ccccc2)nc2sc3c(c2c1=O)CC[C@H](C)C3. The lowest BCUT2D eigenvalue weighted by Crippen LogP contribution is -2.30. The summed E-state index contributed by atoms with van der Waals surface area (Å²) in [5.41, 5.74) is 2.08. The average Bonchev–Trinajstić information content (AvgIpc) is 3.52. The average molecular weight is 466 g/mol. The molecule has 3 aromatic rings. The molecule has 2 aromatic heterocycles. The highest BCUT2D eigenvalue weighted by atomic mass is 32.2. The zero-order valence-corrected chi connectivity index (χ0v) is 19.8. The van der Waals surface area contributed by atoms with Crippen LogP contribution in [0, 0.1) is 5.92 Å². The molecule has 5 rings (SSSR count). The summed E-state index contributed by atoms with van der Waals surface area (Å²) in [5.74, 6) is 0.607. The predicted octanol–water partition coefficient (Wildman–Crippen LogP) is 4.88. The van der Waals surface area contributed by atoms with Gasteiger partial charge in [0, 0.05) is 17.5 Å². The summed E-state index contributed by atoms with van der Waals surface area (Å²) in [5, 5.41) is 4.01. The molecule has 0 bridgehead atoms. The maximum atomic E-state index is 13.6. The summed E-state index contributed by atoms with van der Waals surface area (Å²) in [7, 11) is 0. The zero-order valence-electron chi connectivity index (χ0n) is 18.2. The Bertz CT molecular complexity index is 1230. The van der Waals surface area contributed by atoms with Crippen molar-refractivity contribution in [1.29, 1.82) is 0 Å². The monoisotopic (exact) mass is 465 g/mol. The quantitative estimate of drug-likeness (QED) is 0.307. The van der Waals surface area contributed by atoms with Crippen LogP contribution in [0.15, 0.2) is 52.9 Å². The summed E-state index contributed by atoms with van der Waals surface area (Å²) in [6.07, 6.45) is 6.83. The topological polar surface area (TPSA) is 64.0 Å². The first kappa shape index (κ1) is 21.5.